The molecular formula is C16H16N2O2S. The molecule has 0 radical (unpaired) electrons. The largest absolute Gasteiger partial charge is 0.321 e. The molecule has 0 bridgehead atoms. The number of benzene rings is 1. The van der Waals surface area contributed by atoms with Crippen molar-refractivity contribution in [1.29, 1.82) is 0 Å². The summed E-state index contributed by atoms with van der Waals surface area (Å²) in [4.78, 5) is 26.3. The summed E-state index contributed by atoms with van der Waals surface area (Å²) >= 11 is 1.41. The molecule has 0 saturated carbocycles. The van der Waals surface area contributed by atoms with Gasteiger partial charge in [0.2, 0.25) is 5.91 Å². The lowest BCUT2D eigenvalue weighted by atomic mass is 10.0. The van der Waals surface area contributed by atoms with Gasteiger partial charge in [-0.1, -0.05) is 12.1 Å². The van der Waals surface area contributed by atoms with Crippen LogP contribution in [0.15, 0.2) is 35.7 Å². The molecule has 1 N–H and O–H groups in total. The van der Waals surface area contributed by atoms with E-state index in [1.54, 1.807) is 17.9 Å². The molecule has 1 aliphatic rings. The number of nitrogens with one attached hydrogen (secondary N) is 1. The van der Waals surface area contributed by atoms with Crippen molar-refractivity contribution in [3.63, 3.8) is 0 Å². The van der Waals surface area contributed by atoms with Crippen LogP contribution in [0.5, 0.6) is 0 Å². The molecule has 108 valence electrons. The lowest BCUT2D eigenvalue weighted by Gasteiger charge is -2.29. The Balaban J connectivity index is 1.86. The first-order valence-electron chi connectivity index (χ1n) is 6.91. The highest BCUT2D eigenvalue weighted by Crippen LogP contribution is 2.30. The first-order chi connectivity index (χ1) is 10.1. The SMILES string of the molecule is CC(=O)N1CCCc2ccc(NC(=O)c3cccs3)cc21. The summed E-state index contributed by atoms with van der Waals surface area (Å²) in [6.45, 7) is 2.32. The van der Waals surface area contributed by atoms with Crippen LogP contribution in [0.25, 0.3) is 0 Å². The van der Waals surface area contributed by atoms with Crippen LogP contribution in [-0.2, 0) is 11.2 Å². The third-order valence-electron chi connectivity index (χ3n) is 3.59. The average molecular weight is 300 g/mol. The molecule has 0 aliphatic carbocycles. The first kappa shape index (κ1) is 13.8. The Morgan fingerprint density at radius 3 is 2.86 bits per heavy atom. The first-order valence-corrected chi connectivity index (χ1v) is 7.79. The molecule has 3 rings (SSSR count). The molecule has 1 aliphatic heterocycles. The number of rotatable bonds is 2. The third-order valence-corrected chi connectivity index (χ3v) is 4.46. The van der Waals surface area contributed by atoms with Crippen molar-refractivity contribution in [3.8, 4) is 0 Å². The van der Waals surface area contributed by atoms with E-state index in [9.17, 15) is 9.59 Å². The lowest BCUT2D eigenvalue weighted by Crippen LogP contribution is -2.33. The van der Waals surface area contributed by atoms with Crippen molar-refractivity contribution in [2.75, 3.05) is 16.8 Å². The Labute approximate surface area is 127 Å². The molecule has 0 spiro atoms. The number of carbonyl (C=O) groups is 2. The van der Waals surface area contributed by atoms with Gasteiger partial charge in [0.1, 0.15) is 0 Å². The quantitative estimate of drug-likeness (QED) is 0.925. The predicted molar refractivity (Wildman–Crippen MR) is 85.1 cm³/mol. The third kappa shape index (κ3) is 2.83. The molecule has 0 fully saturated rings. The zero-order chi connectivity index (χ0) is 14.8. The van der Waals surface area contributed by atoms with Gasteiger partial charge in [0.05, 0.1) is 4.88 Å². The number of aryl methyl sites for hydroxylation is 1. The van der Waals surface area contributed by atoms with Crippen molar-refractivity contribution in [2.45, 2.75) is 19.8 Å². The van der Waals surface area contributed by atoms with E-state index in [0.29, 0.717) is 4.88 Å². The molecule has 0 unspecified atom stereocenters. The number of carbonyl (C=O) groups excluding carboxylic acids is 2. The highest BCUT2D eigenvalue weighted by molar-refractivity contribution is 7.12. The number of nitrogens with zero attached hydrogens (tertiary/aromatic N) is 1. The van der Waals surface area contributed by atoms with Crippen molar-refractivity contribution < 1.29 is 9.59 Å². The second-order valence-electron chi connectivity index (χ2n) is 5.05. The maximum absolute atomic E-state index is 12.1. The van der Waals surface area contributed by atoms with Gasteiger partial charge in [0.15, 0.2) is 0 Å². The summed E-state index contributed by atoms with van der Waals surface area (Å²) in [6, 6.07) is 9.42. The van der Waals surface area contributed by atoms with Gasteiger partial charge in [-0.05, 0) is 42.0 Å². The lowest BCUT2D eigenvalue weighted by molar-refractivity contribution is -0.116. The molecule has 2 aromatic rings. The number of hydrogen-bond acceptors (Lipinski definition) is 3. The number of thiophene rings is 1. The summed E-state index contributed by atoms with van der Waals surface area (Å²) in [7, 11) is 0. The Morgan fingerprint density at radius 1 is 1.29 bits per heavy atom. The van der Waals surface area contributed by atoms with Crippen LogP contribution in [0, 0.1) is 0 Å². The smallest absolute Gasteiger partial charge is 0.265 e. The van der Waals surface area contributed by atoms with Gasteiger partial charge in [0.25, 0.3) is 5.91 Å². The van der Waals surface area contributed by atoms with E-state index >= 15 is 0 Å². The molecule has 0 saturated heterocycles. The molecule has 1 aromatic heterocycles. The minimum atomic E-state index is -0.116. The highest BCUT2D eigenvalue weighted by atomic mass is 32.1. The summed E-state index contributed by atoms with van der Waals surface area (Å²) in [5.41, 5.74) is 2.80. The second-order valence-corrected chi connectivity index (χ2v) is 6.00. The fourth-order valence-corrected chi connectivity index (χ4v) is 3.20. The molecule has 2 heterocycles. The Kier molecular flexibility index (Phi) is 3.75. The van der Waals surface area contributed by atoms with Crippen LogP contribution in [0.3, 0.4) is 0 Å². The zero-order valence-corrected chi connectivity index (χ0v) is 12.6. The fourth-order valence-electron chi connectivity index (χ4n) is 2.58. The van der Waals surface area contributed by atoms with E-state index in [-0.39, 0.29) is 11.8 Å². The van der Waals surface area contributed by atoms with Crippen molar-refractivity contribution >= 4 is 34.5 Å². The van der Waals surface area contributed by atoms with Crippen LogP contribution in [0.1, 0.15) is 28.6 Å². The molecular weight excluding hydrogens is 284 g/mol. The van der Waals surface area contributed by atoms with Crippen LogP contribution in [0.4, 0.5) is 11.4 Å². The zero-order valence-electron chi connectivity index (χ0n) is 11.8. The minimum absolute atomic E-state index is 0.0395. The van der Waals surface area contributed by atoms with Crippen molar-refractivity contribution in [3.05, 3.63) is 46.2 Å². The molecule has 0 atom stereocenters. The summed E-state index contributed by atoms with van der Waals surface area (Å²) in [5.74, 6) is -0.0761. The van der Waals surface area contributed by atoms with E-state index in [2.05, 4.69) is 5.32 Å². The molecule has 2 amide bonds. The van der Waals surface area contributed by atoms with Gasteiger partial charge < -0.3 is 10.2 Å². The van der Waals surface area contributed by atoms with Gasteiger partial charge in [-0.15, -0.1) is 11.3 Å². The van der Waals surface area contributed by atoms with Crippen LogP contribution in [0.2, 0.25) is 0 Å². The van der Waals surface area contributed by atoms with E-state index in [0.717, 1.165) is 36.3 Å². The van der Waals surface area contributed by atoms with Crippen LogP contribution >= 0.6 is 11.3 Å². The van der Waals surface area contributed by atoms with Gasteiger partial charge in [-0.3, -0.25) is 9.59 Å². The maximum Gasteiger partial charge on any atom is 0.265 e. The van der Waals surface area contributed by atoms with Gasteiger partial charge >= 0.3 is 0 Å². The molecule has 4 nitrogen and oxygen atoms in total. The second kappa shape index (κ2) is 5.69. The molecule has 21 heavy (non-hydrogen) atoms. The van der Waals surface area contributed by atoms with Crippen molar-refractivity contribution in [2.24, 2.45) is 0 Å². The Hall–Kier alpha value is -2.14. The van der Waals surface area contributed by atoms with Gasteiger partial charge in [-0.2, -0.15) is 0 Å². The summed E-state index contributed by atoms with van der Waals surface area (Å²) in [6.07, 6.45) is 1.95. The predicted octanol–water partition coefficient (Wildman–Crippen LogP) is 3.30. The monoisotopic (exact) mass is 300 g/mol. The van der Waals surface area contributed by atoms with E-state index in [1.807, 2.05) is 29.6 Å². The standard InChI is InChI=1S/C16H16N2O2S/c1-11(19)18-8-2-4-12-6-7-13(10-14(12)18)17-16(20)15-5-3-9-21-15/h3,5-7,9-10H,2,4,8H2,1H3,(H,17,20). The van der Waals surface area contributed by atoms with Crippen LogP contribution in [-0.4, -0.2) is 18.4 Å². The number of anilines is 2. The van der Waals surface area contributed by atoms with E-state index < -0.39 is 0 Å². The number of hydrogen-bond donors (Lipinski definition) is 1. The maximum atomic E-state index is 12.1. The van der Waals surface area contributed by atoms with E-state index in [1.165, 1.54) is 11.3 Å². The topological polar surface area (TPSA) is 49.4 Å². The normalized spacial score (nSPS) is 13.7. The van der Waals surface area contributed by atoms with Gasteiger partial charge in [0, 0.05) is 24.8 Å². The van der Waals surface area contributed by atoms with Crippen LogP contribution < -0.4 is 10.2 Å². The number of fused-ring (bicyclic) bond motifs is 1. The summed E-state index contributed by atoms with van der Waals surface area (Å²) in [5, 5.41) is 4.76. The van der Waals surface area contributed by atoms with Gasteiger partial charge in [-0.25, -0.2) is 0 Å². The Bertz CT molecular complexity index is 680. The Morgan fingerprint density at radius 2 is 2.14 bits per heavy atom. The molecule has 1 aromatic carbocycles. The number of amides is 2. The highest BCUT2D eigenvalue weighted by Gasteiger charge is 2.20. The molecule has 5 heteroatoms. The average Bonchev–Trinajstić information content (AvgIpc) is 3.00. The fraction of sp³-hybridized carbons (Fsp3) is 0.250. The minimum Gasteiger partial charge on any atom is -0.321 e. The van der Waals surface area contributed by atoms with E-state index in [4.69, 9.17) is 0 Å². The van der Waals surface area contributed by atoms with Crippen molar-refractivity contribution in [1.82, 2.24) is 0 Å². The summed E-state index contributed by atoms with van der Waals surface area (Å²) < 4.78 is 0.